The lowest BCUT2D eigenvalue weighted by atomic mass is 9.58. The Balaban J connectivity index is 2.09. The second-order valence-electron chi connectivity index (χ2n) is 9.23. The molecule has 1 heterocycles. The maximum absolute atomic E-state index is 13.3. The van der Waals surface area contributed by atoms with E-state index in [1.165, 1.54) is 0 Å². The van der Waals surface area contributed by atoms with Crippen LogP contribution in [-0.4, -0.2) is 23.6 Å². The zero-order valence-electron chi connectivity index (χ0n) is 17.1. The number of allylic oxidation sites excluding steroid dienone is 3. The molecule has 1 saturated heterocycles. The molecule has 2 aliphatic carbocycles. The summed E-state index contributed by atoms with van der Waals surface area (Å²) in [6.07, 6.45) is 6.18. The molecule has 148 valence electrons. The number of hydrogen-bond donors (Lipinski definition) is 0. The molecule has 27 heavy (non-hydrogen) atoms. The molecule has 3 rings (SSSR count). The van der Waals surface area contributed by atoms with Crippen LogP contribution in [-0.2, 0) is 19.1 Å². The van der Waals surface area contributed by atoms with Gasteiger partial charge in [-0.3, -0.25) is 14.4 Å². The van der Waals surface area contributed by atoms with Crippen LogP contribution < -0.4 is 0 Å². The van der Waals surface area contributed by atoms with Gasteiger partial charge in [-0.2, -0.15) is 0 Å². The highest BCUT2D eigenvalue weighted by atomic mass is 16.6. The molecular weight excluding hydrogens is 340 g/mol. The number of ether oxygens (including phenoxy) is 1. The first-order valence-corrected chi connectivity index (χ1v) is 10.2. The van der Waals surface area contributed by atoms with Crippen molar-refractivity contribution in [3.63, 3.8) is 0 Å². The monoisotopic (exact) mass is 372 g/mol. The second-order valence-corrected chi connectivity index (χ2v) is 9.23. The number of carbonyl (C=O) groups excluding carboxylic acids is 3. The van der Waals surface area contributed by atoms with Gasteiger partial charge in [0, 0.05) is 41.9 Å². The van der Waals surface area contributed by atoms with Gasteiger partial charge >= 0.3 is 5.97 Å². The fourth-order valence-electron chi connectivity index (χ4n) is 5.89. The van der Waals surface area contributed by atoms with Crippen LogP contribution in [0.1, 0.15) is 47.5 Å². The average Bonchev–Trinajstić information content (AvgIpc) is 3.08. The Labute approximate surface area is 162 Å². The molecule has 3 aliphatic rings. The topological polar surface area (TPSA) is 60.4 Å². The third kappa shape index (κ3) is 2.83. The van der Waals surface area contributed by atoms with Gasteiger partial charge in [0.1, 0.15) is 17.7 Å². The van der Waals surface area contributed by atoms with Crippen LogP contribution in [0.25, 0.3) is 0 Å². The molecule has 8 atom stereocenters. The minimum atomic E-state index is -0.711. The molecular formula is C23H32O4. The van der Waals surface area contributed by atoms with Crippen LogP contribution in [0.4, 0.5) is 0 Å². The molecule has 0 N–H and O–H groups in total. The summed E-state index contributed by atoms with van der Waals surface area (Å²) in [6, 6.07) is 0. The van der Waals surface area contributed by atoms with Gasteiger partial charge < -0.3 is 4.74 Å². The third-order valence-electron chi connectivity index (χ3n) is 7.42. The molecule has 1 unspecified atom stereocenters. The van der Waals surface area contributed by atoms with E-state index in [1.54, 1.807) is 6.08 Å². The molecule has 4 heteroatoms. The van der Waals surface area contributed by atoms with Gasteiger partial charge in [0.05, 0.1) is 5.92 Å². The van der Waals surface area contributed by atoms with Gasteiger partial charge in [0.15, 0.2) is 0 Å². The lowest BCUT2D eigenvalue weighted by Gasteiger charge is -2.45. The van der Waals surface area contributed by atoms with Crippen LogP contribution in [0.3, 0.4) is 0 Å². The van der Waals surface area contributed by atoms with Crippen molar-refractivity contribution in [2.45, 2.75) is 53.6 Å². The van der Waals surface area contributed by atoms with E-state index in [4.69, 9.17) is 4.74 Å². The highest BCUT2D eigenvalue weighted by molar-refractivity contribution is 5.96. The van der Waals surface area contributed by atoms with Crippen molar-refractivity contribution >= 4 is 17.5 Å². The lowest BCUT2D eigenvalue weighted by molar-refractivity contribution is -0.158. The highest BCUT2D eigenvalue weighted by Crippen LogP contribution is 2.65. The highest BCUT2D eigenvalue weighted by Gasteiger charge is 2.72. The maximum atomic E-state index is 13.3. The number of esters is 1. The van der Waals surface area contributed by atoms with Gasteiger partial charge in [-0.05, 0) is 18.8 Å². The van der Waals surface area contributed by atoms with Crippen molar-refractivity contribution in [3.8, 4) is 0 Å². The summed E-state index contributed by atoms with van der Waals surface area (Å²) in [4.78, 5) is 39.5. The smallest absolute Gasteiger partial charge is 0.310 e. The lowest BCUT2D eigenvalue weighted by Crippen LogP contribution is -2.51. The first kappa shape index (κ1) is 20.0. The van der Waals surface area contributed by atoms with Crippen molar-refractivity contribution in [1.29, 1.82) is 0 Å². The normalized spacial score (nSPS) is 41.7. The quantitative estimate of drug-likeness (QED) is 0.522. The predicted molar refractivity (Wildman–Crippen MR) is 104 cm³/mol. The molecule has 0 radical (unpaired) electrons. The van der Waals surface area contributed by atoms with Crippen LogP contribution in [0.5, 0.6) is 0 Å². The Kier molecular flexibility index (Phi) is 5.22. The Morgan fingerprint density at radius 1 is 1.33 bits per heavy atom. The predicted octanol–water partition coefficient (Wildman–Crippen LogP) is 4.00. The van der Waals surface area contributed by atoms with Crippen LogP contribution >= 0.6 is 0 Å². The van der Waals surface area contributed by atoms with Crippen LogP contribution in [0.2, 0.25) is 0 Å². The Morgan fingerprint density at radius 2 is 2.00 bits per heavy atom. The summed E-state index contributed by atoms with van der Waals surface area (Å²) in [5, 5.41) is 0. The van der Waals surface area contributed by atoms with Gasteiger partial charge in [-0.15, -0.1) is 6.58 Å². The minimum Gasteiger partial charge on any atom is -0.461 e. The fraction of sp³-hybridized carbons (Fsp3) is 0.696. The molecule has 0 spiro atoms. The summed E-state index contributed by atoms with van der Waals surface area (Å²) < 4.78 is 5.84. The third-order valence-corrected chi connectivity index (χ3v) is 7.42. The second kappa shape index (κ2) is 7.03. The maximum Gasteiger partial charge on any atom is 0.310 e. The Hall–Kier alpha value is -1.71. The first-order valence-electron chi connectivity index (χ1n) is 10.2. The van der Waals surface area contributed by atoms with Crippen molar-refractivity contribution < 1.29 is 19.1 Å². The fourth-order valence-corrected chi connectivity index (χ4v) is 5.89. The van der Waals surface area contributed by atoms with Crippen molar-refractivity contribution in [3.05, 3.63) is 24.8 Å². The molecule has 0 amide bonds. The van der Waals surface area contributed by atoms with Crippen molar-refractivity contribution in [2.75, 3.05) is 0 Å². The average molecular weight is 373 g/mol. The van der Waals surface area contributed by atoms with E-state index in [0.29, 0.717) is 12.8 Å². The largest absolute Gasteiger partial charge is 0.461 e. The van der Waals surface area contributed by atoms with E-state index < -0.39 is 17.3 Å². The van der Waals surface area contributed by atoms with Crippen molar-refractivity contribution in [2.24, 2.45) is 46.8 Å². The van der Waals surface area contributed by atoms with Gasteiger partial charge in [-0.1, -0.05) is 45.9 Å². The van der Waals surface area contributed by atoms with Crippen LogP contribution in [0.15, 0.2) is 24.8 Å². The SMILES string of the molecule is C=CC(C)CC(=O)[C@@H]1[C@@H]2C(=O)O[C@H]3[C@@H]2[C@](C)(C(=O)C[C@H]3C(C)C)[C@H]1/C=C/C. The number of carbonyl (C=O) groups is 3. The summed E-state index contributed by atoms with van der Waals surface area (Å²) in [5.74, 6) is -1.13. The zero-order chi connectivity index (χ0) is 20.1. The van der Waals surface area contributed by atoms with Gasteiger partial charge in [-0.25, -0.2) is 0 Å². The molecule has 1 aliphatic heterocycles. The van der Waals surface area contributed by atoms with E-state index in [2.05, 4.69) is 20.4 Å². The van der Waals surface area contributed by atoms with Crippen LogP contribution in [0, 0.1) is 46.8 Å². The standard InChI is InChI=1S/C23H32O4/c1-7-9-15-18(16(24)10-13(5)8-2)19-20-21(27-22(19)26)14(12(3)4)11-17(25)23(15,20)6/h7-9,12-15,18-21H,2,10-11H2,1,3-6H3/b9-7+/t13?,14-,15-,18+,19-,20+,21+,23-/m0/s1. The molecule has 3 fully saturated rings. The molecule has 2 saturated carbocycles. The minimum absolute atomic E-state index is 0.0386. The number of Topliss-reactive ketones (excluding diaryl/α,β-unsaturated/α-hetero) is 2. The van der Waals surface area contributed by atoms with E-state index in [-0.39, 0.29) is 53.2 Å². The van der Waals surface area contributed by atoms with E-state index in [0.717, 1.165) is 0 Å². The number of ketones is 2. The van der Waals surface area contributed by atoms with Gasteiger partial charge in [0.25, 0.3) is 0 Å². The van der Waals surface area contributed by atoms with E-state index in [1.807, 2.05) is 32.9 Å². The van der Waals surface area contributed by atoms with Gasteiger partial charge in [0.2, 0.25) is 0 Å². The summed E-state index contributed by atoms with van der Waals surface area (Å²) >= 11 is 0. The summed E-state index contributed by atoms with van der Waals surface area (Å²) in [5.41, 5.74) is -0.711. The molecule has 0 aromatic heterocycles. The molecule has 0 aromatic carbocycles. The molecule has 0 aromatic rings. The Bertz CT molecular complexity index is 690. The Morgan fingerprint density at radius 3 is 2.56 bits per heavy atom. The number of rotatable bonds is 6. The number of hydrogen-bond acceptors (Lipinski definition) is 4. The zero-order valence-corrected chi connectivity index (χ0v) is 17.1. The first-order chi connectivity index (χ1) is 12.7. The van der Waals surface area contributed by atoms with Crippen molar-refractivity contribution in [1.82, 2.24) is 0 Å². The summed E-state index contributed by atoms with van der Waals surface area (Å²) in [6.45, 7) is 13.8. The molecule has 4 nitrogen and oxygen atoms in total. The van der Waals surface area contributed by atoms with E-state index >= 15 is 0 Å². The molecule has 0 bridgehead atoms. The summed E-state index contributed by atoms with van der Waals surface area (Å²) in [7, 11) is 0. The van der Waals surface area contributed by atoms with E-state index in [9.17, 15) is 14.4 Å².